The zero-order valence-electron chi connectivity index (χ0n) is 14.7. The average molecular weight is 336 g/mol. The maximum Gasteiger partial charge on any atom is 0.191 e. The van der Waals surface area contributed by atoms with E-state index < -0.39 is 0 Å². The van der Waals surface area contributed by atoms with Gasteiger partial charge in [0.25, 0.3) is 0 Å². The number of guanidine groups is 1. The average Bonchev–Trinajstić information content (AvgIpc) is 2.59. The number of hydrogen-bond donors (Lipinski definition) is 2. The maximum absolute atomic E-state index is 13.7. The molecule has 2 N–H and O–H groups in total. The van der Waals surface area contributed by atoms with Crippen molar-refractivity contribution in [3.8, 4) is 0 Å². The molecule has 1 aliphatic rings. The van der Waals surface area contributed by atoms with E-state index in [1.54, 1.807) is 12.1 Å². The number of nitrogens with one attached hydrogen (secondary N) is 2. The highest BCUT2D eigenvalue weighted by Crippen LogP contribution is 2.07. The number of halogens is 1. The lowest BCUT2D eigenvalue weighted by atomic mass is 10.1. The lowest BCUT2D eigenvalue weighted by molar-refractivity contribution is 0.0320. The van der Waals surface area contributed by atoms with Crippen molar-refractivity contribution in [2.24, 2.45) is 10.9 Å². The van der Waals surface area contributed by atoms with Crippen molar-refractivity contribution in [2.45, 2.75) is 20.4 Å². The van der Waals surface area contributed by atoms with Crippen molar-refractivity contribution in [3.05, 3.63) is 35.6 Å². The van der Waals surface area contributed by atoms with Gasteiger partial charge in [0.1, 0.15) is 5.82 Å². The minimum Gasteiger partial charge on any atom is -0.379 e. The lowest BCUT2D eigenvalue weighted by Gasteiger charge is -2.29. The van der Waals surface area contributed by atoms with E-state index in [4.69, 9.17) is 4.74 Å². The first-order chi connectivity index (χ1) is 11.7. The standard InChI is InChI=1S/C18H29FN4O/c1-3-20-18(22-13-16-6-4-5-7-17(16)19)21-12-15(2)14-23-8-10-24-11-9-23/h4-7,15H,3,8-14H2,1-2H3,(H2,20,21,22). The van der Waals surface area contributed by atoms with Gasteiger partial charge in [-0.15, -0.1) is 0 Å². The minimum absolute atomic E-state index is 0.210. The molecule has 0 saturated carbocycles. The summed E-state index contributed by atoms with van der Waals surface area (Å²) in [6.45, 7) is 10.9. The van der Waals surface area contributed by atoms with Crippen LogP contribution in [0.15, 0.2) is 29.3 Å². The second-order valence-electron chi connectivity index (χ2n) is 6.19. The molecule has 5 nitrogen and oxygen atoms in total. The summed E-state index contributed by atoms with van der Waals surface area (Å²) in [5.74, 6) is 1.02. The second-order valence-corrected chi connectivity index (χ2v) is 6.19. The number of aliphatic imine (C=N–C) groups is 1. The van der Waals surface area contributed by atoms with Crippen molar-refractivity contribution >= 4 is 5.96 Å². The van der Waals surface area contributed by atoms with Crippen molar-refractivity contribution < 1.29 is 9.13 Å². The quantitative estimate of drug-likeness (QED) is 0.589. The van der Waals surface area contributed by atoms with Crippen LogP contribution in [0.3, 0.4) is 0 Å². The molecule has 2 rings (SSSR count). The molecule has 0 radical (unpaired) electrons. The number of hydrogen-bond acceptors (Lipinski definition) is 3. The fraction of sp³-hybridized carbons (Fsp3) is 0.611. The maximum atomic E-state index is 13.7. The van der Waals surface area contributed by atoms with Crippen molar-refractivity contribution in [3.63, 3.8) is 0 Å². The van der Waals surface area contributed by atoms with Crippen LogP contribution >= 0.6 is 0 Å². The Morgan fingerprint density at radius 3 is 2.75 bits per heavy atom. The van der Waals surface area contributed by atoms with Crippen LogP contribution in [-0.4, -0.2) is 56.8 Å². The van der Waals surface area contributed by atoms with Gasteiger partial charge in [0.2, 0.25) is 0 Å². The summed E-state index contributed by atoms with van der Waals surface area (Å²) in [5.41, 5.74) is 0.607. The Morgan fingerprint density at radius 1 is 1.29 bits per heavy atom. The molecule has 1 unspecified atom stereocenters. The third kappa shape index (κ3) is 6.45. The van der Waals surface area contributed by atoms with E-state index in [1.807, 2.05) is 13.0 Å². The minimum atomic E-state index is -0.210. The highest BCUT2D eigenvalue weighted by Gasteiger charge is 2.14. The Morgan fingerprint density at radius 2 is 2.04 bits per heavy atom. The molecule has 0 aliphatic carbocycles. The molecule has 1 heterocycles. The highest BCUT2D eigenvalue weighted by atomic mass is 19.1. The van der Waals surface area contributed by atoms with E-state index in [-0.39, 0.29) is 5.82 Å². The number of benzene rings is 1. The van der Waals surface area contributed by atoms with Crippen LogP contribution in [-0.2, 0) is 11.3 Å². The smallest absolute Gasteiger partial charge is 0.191 e. The Kier molecular flexibility index (Phi) is 7.98. The molecule has 0 bridgehead atoms. The molecule has 1 saturated heterocycles. The van der Waals surface area contributed by atoms with Crippen molar-refractivity contribution in [1.29, 1.82) is 0 Å². The Hall–Kier alpha value is -1.66. The Bertz CT molecular complexity index is 517. The fourth-order valence-electron chi connectivity index (χ4n) is 2.69. The van der Waals surface area contributed by atoms with Crippen LogP contribution in [0.4, 0.5) is 4.39 Å². The summed E-state index contributed by atoms with van der Waals surface area (Å²) in [7, 11) is 0. The number of nitrogens with zero attached hydrogens (tertiary/aromatic N) is 2. The van der Waals surface area contributed by atoms with Crippen LogP contribution < -0.4 is 10.6 Å². The van der Waals surface area contributed by atoms with Gasteiger partial charge in [-0.25, -0.2) is 9.38 Å². The zero-order chi connectivity index (χ0) is 17.2. The summed E-state index contributed by atoms with van der Waals surface area (Å²) in [6.07, 6.45) is 0. The zero-order valence-corrected chi connectivity index (χ0v) is 14.7. The van der Waals surface area contributed by atoms with Gasteiger partial charge in [0, 0.05) is 38.3 Å². The van der Waals surface area contributed by atoms with E-state index in [0.29, 0.717) is 18.0 Å². The number of rotatable bonds is 7. The van der Waals surface area contributed by atoms with Crippen LogP contribution in [0, 0.1) is 11.7 Å². The number of morpholine rings is 1. The topological polar surface area (TPSA) is 48.9 Å². The van der Waals surface area contributed by atoms with Gasteiger partial charge >= 0.3 is 0 Å². The van der Waals surface area contributed by atoms with Gasteiger partial charge in [-0.05, 0) is 18.9 Å². The van der Waals surface area contributed by atoms with E-state index in [0.717, 1.165) is 51.9 Å². The second kappa shape index (κ2) is 10.3. The first-order valence-corrected chi connectivity index (χ1v) is 8.74. The van der Waals surface area contributed by atoms with Crippen LogP contribution in [0.25, 0.3) is 0 Å². The molecule has 24 heavy (non-hydrogen) atoms. The molecule has 1 fully saturated rings. The summed E-state index contributed by atoms with van der Waals surface area (Å²) < 4.78 is 19.1. The predicted octanol–water partition coefficient (Wildman–Crippen LogP) is 1.85. The number of ether oxygens (including phenoxy) is 1. The fourth-order valence-corrected chi connectivity index (χ4v) is 2.69. The first-order valence-electron chi connectivity index (χ1n) is 8.74. The summed E-state index contributed by atoms with van der Waals surface area (Å²) >= 11 is 0. The summed E-state index contributed by atoms with van der Waals surface area (Å²) in [6, 6.07) is 6.76. The summed E-state index contributed by atoms with van der Waals surface area (Å²) in [4.78, 5) is 6.91. The Balaban J connectivity index is 1.81. The van der Waals surface area contributed by atoms with Gasteiger partial charge in [-0.2, -0.15) is 0 Å². The molecule has 1 aliphatic heterocycles. The van der Waals surface area contributed by atoms with Gasteiger partial charge < -0.3 is 15.4 Å². The van der Waals surface area contributed by atoms with Crippen LogP contribution in [0.1, 0.15) is 19.4 Å². The van der Waals surface area contributed by atoms with Crippen LogP contribution in [0.5, 0.6) is 0 Å². The van der Waals surface area contributed by atoms with E-state index in [2.05, 4.69) is 27.4 Å². The van der Waals surface area contributed by atoms with Gasteiger partial charge in [-0.3, -0.25) is 4.90 Å². The molecule has 0 spiro atoms. The normalized spacial score (nSPS) is 17.5. The molecule has 1 atom stereocenters. The van der Waals surface area contributed by atoms with Crippen molar-refractivity contribution in [1.82, 2.24) is 15.5 Å². The molecule has 0 aromatic heterocycles. The largest absolute Gasteiger partial charge is 0.379 e. The van der Waals surface area contributed by atoms with Gasteiger partial charge in [-0.1, -0.05) is 25.1 Å². The monoisotopic (exact) mass is 336 g/mol. The Labute approximate surface area is 144 Å². The lowest BCUT2D eigenvalue weighted by Crippen LogP contribution is -2.44. The van der Waals surface area contributed by atoms with Crippen molar-refractivity contribution in [2.75, 3.05) is 45.9 Å². The predicted molar refractivity (Wildman–Crippen MR) is 95.6 cm³/mol. The van der Waals surface area contributed by atoms with E-state index >= 15 is 0 Å². The molecule has 1 aromatic carbocycles. The molecule has 0 amide bonds. The first kappa shape index (κ1) is 18.7. The molecule has 134 valence electrons. The SMILES string of the molecule is CCNC(=NCc1ccccc1F)NCC(C)CN1CCOCC1. The van der Waals surface area contributed by atoms with Gasteiger partial charge in [0.05, 0.1) is 19.8 Å². The van der Waals surface area contributed by atoms with E-state index in [1.165, 1.54) is 6.07 Å². The molecule has 1 aromatic rings. The van der Waals surface area contributed by atoms with Crippen LogP contribution in [0.2, 0.25) is 0 Å². The van der Waals surface area contributed by atoms with Gasteiger partial charge in [0.15, 0.2) is 5.96 Å². The summed E-state index contributed by atoms with van der Waals surface area (Å²) in [5, 5.41) is 6.57. The van der Waals surface area contributed by atoms with E-state index in [9.17, 15) is 4.39 Å². The third-order valence-electron chi connectivity index (χ3n) is 4.00. The molecule has 6 heteroatoms. The third-order valence-corrected chi connectivity index (χ3v) is 4.00. The highest BCUT2D eigenvalue weighted by molar-refractivity contribution is 5.79. The molecular weight excluding hydrogens is 307 g/mol. The molecular formula is C18H29FN4O.